The van der Waals surface area contributed by atoms with Gasteiger partial charge < -0.3 is 15.0 Å². The summed E-state index contributed by atoms with van der Waals surface area (Å²) in [5, 5.41) is 3.37. The predicted octanol–water partition coefficient (Wildman–Crippen LogP) is 4.31. The Labute approximate surface area is 144 Å². The van der Waals surface area contributed by atoms with Crippen molar-refractivity contribution in [2.45, 2.75) is 45.6 Å². The van der Waals surface area contributed by atoms with Crippen LogP contribution in [0.5, 0.6) is 5.75 Å². The highest BCUT2D eigenvalue weighted by Crippen LogP contribution is 2.30. The second-order valence-electron chi connectivity index (χ2n) is 6.34. The number of anilines is 3. The number of nitrogens with zero attached hydrogens (tertiary/aromatic N) is 3. The molecule has 5 heteroatoms. The fraction of sp³-hybridized carbons (Fsp3) is 0.474. The molecular weight excluding hydrogens is 300 g/mol. The largest absolute Gasteiger partial charge is 0.495 e. The van der Waals surface area contributed by atoms with Crippen molar-refractivity contribution in [1.82, 2.24) is 9.97 Å². The number of hydrogen-bond donors (Lipinski definition) is 1. The fourth-order valence-electron chi connectivity index (χ4n) is 3.36. The Bertz CT molecular complexity index is 689. The maximum atomic E-state index is 5.44. The van der Waals surface area contributed by atoms with Crippen molar-refractivity contribution in [3.8, 4) is 5.75 Å². The van der Waals surface area contributed by atoms with Crippen molar-refractivity contribution in [2.75, 3.05) is 23.9 Å². The van der Waals surface area contributed by atoms with E-state index < -0.39 is 0 Å². The highest BCUT2D eigenvalue weighted by molar-refractivity contribution is 5.66. The highest BCUT2D eigenvalue weighted by atomic mass is 16.5. The minimum absolute atomic E-state index is 0.579. The van der Waals surface area contributed by atoms with Gasteiger partial charge in [0.2, 0.25) is 0 Å². The van der Waals surface area contributed by atoms with Gasteiger partial charge in [0.25, 0.3) is 0 Å². The Balaban J connectivity index is 1.84. The summed E-state index contributed by atoms with van der Waals surface area (Å²) in [6.45, 7) is 5.39. The van der Waals surface area contributed by atoms with Crippen LogP contribution in [0, 0.1) is 6.92 Å². The van der Waals surface area contributed by atoms with E-state index in [0.717, 1.165) is 36.0 Å². The van der Waals surface area contributed by atoms with Gasteiger partial charge >= 0.3 is 0 Å². The molecule has 1 atom stereocenters. The molecule has 1 N–H and O–H groups in total. The third-order valence-electron chi connectivity index (χ3n) is 4.66. The van der Waals surface area contributed by atoms with Crippen LogP contribution in [0.2, 0.25) is 0 Å². The van der Waals surface area contributed by atoms with Crippen LogP contribution in [0.3, 0.4) is 0 Å². The number of ether oxygens (including phenoxy) is 1. The minimum atomic E-state index is 0.579. The number of hydrogen-bond acceptors (Lipinski definition) is 5. The first-order chi connectivity index (χ1) is 11.7. The van der Waals surface area contributed by atoms with Crippen LogP contribution in [0.15, 0.2) is 30.6 Å². The van der Waals surface area contributed by atoms with E-state index in [4.69, 9.17) is 4.74 Å². The lowest BCUT2D eigenvalue weighted by Crippen LogP contribution is -2.39. The summed E-state index contributed by atoms with van der Waals surface area (Å²) in [5.41, 5.74) is 2.10. The van der Waals surface area contributed by atoms with Crippen molar-refractivity contribution in [2.24, 2.45) is 0 Å². The average molecular weight is 326 g/mol. The molecule has 0 bridgehead atoms. The van der Waals surface area contributed by atoms with Gasteiger partial charge in [0.05, 0.1) is 12.8 Å². The number of aromatic nitrogens is 2. The van der Waals surface area contributed by atoms with Crippen molar-refractivity contribution < 1.29 is 4.74 Å². The van der Waals surface area contributed by atoms with Crippen molar-refractivity contribution >= 4 is 17.3 Å². The Kier molecular flexibility index (Phi) is 5.18. The molecule has 2 aromatic rings. The molecule has 1 aliphatic heterocycles. The summed E-state index contributed by atoms with van der Waals surface area (Å²) in [5.74, 6) is 2.61. The lowest BCUT2D eigenvalue weighted by Gasteiger charge is -2.36. The number of methoxy groups -OCH3 is 1. The molecule has 1 aromatic carbocycles. The SMILES string of the molecule is CCC1CCCCN1c1cc(Nc2cc(C)ccc2OC)ncn1. The summed E-state index contributed by atoms with van der Waals surface area (Å²) < 4.78 is 5.44. The molecule has 2 heterocycles. The molecule has 0 aliphatic carbocycles. The standard InChI is InChI=1S/C19H26N4O/c1-4-15-7-5-6-10-23(15)19-12-18(20-13-21-19)22-16-11-14(2)8-9-17(16)24-3/h8-9,11-13,15H,4-7,10H2,1-3H3,(H,20,21,22). The van der Waals surface area contributed by atoms with Gasteiger partial charge in [0.15, 0.2) is 0 Å². The molecule has 5 nitrogen and oxygen atoms in total. The molecule has 1 unspecified atom stereocenters. The lowest BCUT2D eigenvalue weighted by atomic mass is 10.0. The molecule has 1 aliphatic rings. The van der Waals surface area contributed by atoms with E-state index in [1.807, 2.05) is 18.2 Å². The van der Waals surface area contributed by atoms with Crippen LogP contribution in [-0.4, -0.2) is 29.7 Å². The number of aryl methyl sites for hydroxylation is 1. The lowest BCUT2D eigenvalue weighted by molar-refractivity contribution is 0.416. The number of rotatable bonds is 5. The molecule has 24 heavy (non-hydrogen) atoms. The van der Waals surface area contributed by atoms with E-state index in [1.54, 1.807) is 13.4 Å². The minimum Gasteiger partial charge on any atom is -0.495 e. The van der Waals surface area contributed by atoms with Crippen molar-refractivity contribution in [1.29, 1.82) is 0 Å². The summed E-state index contributed by atoms with van der Waals surface area (Å²) in [7, 11) is 1.68. The maximum Gasteiger partial charge on any atom is 0.142 e. The van der Waals surface area contributed by atoms with Gasteiger partial charge in [-0.15, -0.1) is 0 Å². The molecule has 1 aromatic heterocycles. The number of nitrogens with one attached hydrogen (secondary N) is 1. The van der Waals surface area contributed by atoms with Crippen LogP contribution in [0.1, 0.15) is 38.2 Å². The highest BCUT2D eigenvalue weighted by Gasteiger charge is 2.22. The van der Waals surface area contributed by atoms with E-state index in [-0.39, 0.29) is 0 Å². The van der Waals surface area contributed by atoms with Gasteiger partial charge in [-0.25, -0.2) is 9.97 Å². The molecule has 0 radical (unpaired) electrons. The Hall–Kier alpha value is -2.30. The first-order valence-electron chi connectivity index (χ1n) is 8.71. The zero-order valence-corrected chi connectivity index (χ0v) is 14.7. The van der Waals surface area contributed by atoms with Crippen LogP contribution >= 0.6 is 0 Å². The monoisotopic (exact) mass is 326 g/mol. The summed E-state index contributed by atoms with van der Waals surface area (Å²) >= 11 is 0. The van der Waals surface area contributed by atoms with Gasteiger partial charge in [-0.05, 0) is 50.3 Å². The molecule has 3 rings (SSSR count). The van der Waals surface area contributed by atoms with Crippen LogP contribution in [0.25, 0.3) is 0 Å². The number of benzene rings is 1. The summed E-state index contributed by atoms with van der Waals surface area (Å²) in [6.07, 6.45) is 6.58. The van der Waals surface area contributed by atoms with Gasteiger partial charge in [0, 0.05) is 18.7 Å². The average Bonchev–Trinajstić information content (AvgIpc) is 2.62. The molecular formula is C19H26N4O. The van der Waals surface area contributed by atoms with Gasteiger partial charge in [-0.1, -0.05) is 13.0 Å². The molecule has 128 valence electrons. The maximum absolute atomic E-state index is 5.44. The van der Waals surface area contributed by atoms with Gasteiger partial charge in [-0.3, -0.25) is 0 Å². The first-order valence-corrected chi connectivity index (χ1v) is 8.71. The van der Waals surface area contributed by atoms with E-state index >= 15 is 0 Å². The topological polar surface area (TPSA) is 50.3 Å². The third kappa shape index (κ3) is 3.61. The predicted molar refractivity (Wildman–Crippen MR) is 98.3 cm³/mol. The molecule has 0 saturated carbocycles. The molecule has 0 spiro atoms. The Morgan fingerprint density at radius 1 is 1.25 bits per heavy atom. The quantitative estimate of drug-likeness (QED) is 0.887. The van der Waals surface area contributed by atoms with E-state index in [1.165, 1.54) is 24.8 Å². The van der Waals surface area contributed by atoms with Crippen molar-refractivity contribution in [3.05, 3.63) is 36.2 Å². The zero-order valence-electron chi connectivity index (χ0n) is 14.7. The molecule has 1 fully saturated rings. The van der Waals surface area contributed by atoms with Gasteiger partial charge in [0.1, 0.15) is 23.7 Å². The van der Waals surface area contributed by atoms with Crippen LogP contribution in [-0.2, 0) is 0 Å². The Morgan fingerprint density at radius 3 is 2.92 bits per heavy atom. The first kappa shape index (κ1) is 16.6. The smallest absolute Gasteiger partial charge is 0.142 e. The number of piperidine rings is 1. The van der Waals surface area contributed by atoms with E-state index in [9.17, 15) is 0 Å². The second-order valence-corrected chi connectivity index (χ2v) is 6.34. The zero-order chi connectivity index (χ0) is 16.9. The van der Waals surface area contributed by atoms with Gasteiger partial charge in [-0.2, -0.15) is 0 Å². The van der Waals surface area contributed by atoms with E-state index in [0.29, 0.717) is 6.04 Å². The molecule has 1 saturated heterocycles. The Morgan fingerprint density at radius 2 is 2.12 bits per heavy atom. The van der Waals surface area contributed by atoms with Crippen LogP contribution in [0.4, 0.5) is 17.3 Å². The normalized spacial score (nSPS) is 17.6. The molecule has 0 amide bonds. The van der Waals surface area contributed by atoms with Crippen LogP contribution < -0.4 is 15.0 Å². The summed E-state index contributed by atoms with van der Waals surface area (Å²) in [6, 6.07) is 8.69. The third-order valence-corrected chi connectivity index (χ3v) is 4.66. The van der Waals surface area contributed by atoms with E-state index in [2.05, 4.69) is 40.1 Å². The summed E-state index contributed by atoms with van der Waals surface area (Å²) in [4.78, 5) is 11.3. The van der Waals surface area contributed by atoms with Crippen molar-refractivity contribution in [3.63, 3.8) is 0 Å². The second kappa shape index (κ2) is 7.51. The fourth-order valence-corrected chi connectivity index (χ4v) is 3.36.